The molecule has 1 aliphatic rings. The number of nitrogens with zero attached hydrogens (tertiary/aromatic N) is 2. The summed E-state index contributed by atoms with van der Waals surface area (Å²) >= 11 is 0. The molecule has 1 aliphatic heterocycles. The summed E-state index contributed by atoms with van der Waals surface area (Å²) in [6.45, 7) is 9.75. The van der Waals surface area contributed by atoms with E-state index in [0.717, 1.165) is 27.9 Å². The summed E-state index contributed by atoms with van der Waals surface area (Å²) < 4.78 is 27.6. The van der Waals surface area contributed by atoms with E-state index in [9.17, 15) is 13.2 Å². The standard InChI is InChI=1S/C22H29N3O3S/c1-16-5-7-18(3)20(13-16)23-22(26)15-24-9-11-25(12-10-24)29(27,28)21-14-17(2)6-8-19(21)4/h5-8,13-14H,9-12,15H2,1-4H3,(H,23,26). The van der Waals surface area contributed by atoms with Crippen molar-refractivity contribution in [3.8, 4) is 0 Å². The Labute approximate surface area is 173 Å². The first-order chi connectivity index (χ1) is 13.7. The molecule has 0 spiro atoms. The van der Waals surface area contributed by atoms with E-state index in [-0.39, 0.29) is 12.5 Å². The average Bonchev–Trinajstić information content (AvgIpc) is 2.67. The van der Waals surface area contributed by atoms with E-state index in [1.807, 2.05) is 62.9 Å². The number of piperazine rings is 1. The van der Waals surface area contributed by atoms with Gasteiger partial charge >= 0.3 is 0 Å². The molecule has 1 heterocycles. The van der Waals surface area contributed by atoms with Gasteiger partial charge in [-0.1, -0.05) is 24.3 Å². The van der Waals surface area contributed by atoms with Crippen molar-refractivity contribution in [2.45, 2.75) is 32.6 Å². The van der Waals surface area contributed by atoms with Crippen LogP contribution < -0.4 is 5.32 Å². The van der Waals surface area contributed by atoms with Gasteiger partial charge in [-0.2, -0.15) is 4.31 Å². The van der Waals surface area contributed by atoms with Crippen molar-refractivity contribution in [1.29, 1.82) is 0 Å². The number of aryl methyl sites for hydroxylation is 4. The summed E-state index contributed by atoms with van der Waals surface area (Å²) in [6, 6.07) is 11.5. The molecule has 1 N–H and O–H groups in total. The SMILES string of the molecule is Cc1ccc(C)c(NC(=O)CN2CCN(S(=O)(=O)c3cc(C)ccc3C)CC2)c1. The van der Waals surface area contributed by atoms with Gasteiger partial charge in [0.2, 0.25) is 15.9 Å². The number of benzene rings is 2. The zero-order chi connectivity index (χ0) is 21.2. The van der Waals surface area contributed by atoms with Crippen LogP contribution in [0.15, 0.2) is 41.3 Å². The van der Waals surface area contributed by atoms with Crippen molar-refractivity contribution in [2.75, 3.05) is 38.0 Å². The quantitative estimate of drug-likeness (QED) is 0.815. The Morgan fingerprint density at radius 2 is 1.48 bits per heavy atom. The van der Waals surface area contributed by atoms with Gasteiger partial charge in [0.15, 0.2) is 0 Å². The normalized spacial score (nSPS) is 16.0. The highest BCUT2D eigenvalue weighted by molar-refractivity contribution is 7.89. The molecule has 0 radical (unpaired) electrons. The maximum atomic E-state index is 13.0. The smallest absolute Gasteiger partial charge is 0.243 e. The van der Waals surface area contributed by atoms with Gasteiger partial charge in [-0.25, -0.2) is 8.42 Å². The van der Waals surface area contributed by atoms with Crippen molar-refractivity contribution < 1.29 is 13.2 Å². The predicted octanol–water partition coefficient (Wildman–Crippen LogP) is 2.87. The number of hydrogen-bond donors (Lipinski definition) is 1. The molecule has 156 valence electrons. The Morgan fingerprint density at radius 1 is 0.897 bits per heavy atom. The first kappa shape index (κ1) is 21.5. The monoisotopic (exact) mass is 415 g/mol. The third-order valence-corrected chi connectivity index (χ3v) is 7.37. The maximum absolute atomic E-state index is 13.0. The Morgan fingerprint density at radius 3 is 2.14 bits per heavy atom. The number of sulfonamides is 1. The van der Waals surface area contributed by atoms with Crippen LogP contribution in [0.3, 0.4) is 0 Å². The number of nitrogens with one attached hydrogen (secondary N) is 1. The fourth-order valence-electron chi connectivity index (χ4n) is 3.52. The maximum Gasteiger partial charge on any atom is 0.243 e. The second kappa shape index (κ2) is 8.65. The summed E-state index contributed by atoms with van der Waals surface area (Å²) in [7, 11) is -3.52. The summed E-state index contributed by atoms with van der Waals surface area (Å²) in [5, 5.41) is 2.97. The van der Waals surface area contributed by atoms with Crippen LogP contribution in [0.4, 0.5) is 5.69 Å². The Kier molecular flexibility index (Phi) is 6.41. The van der Waals surface area contributed by atoms with Crippen molar-refractivity contribution in [1.82, 2.24) is 9.21 Å². The van der Waals surface area contributed by atoms with Gasteiger partial charge < -0.3 is 5.32 Å². The molecule has 7 heteroatoms. The zero-order valence-electron chi connectivity index (χ0n) is 17.5. The van der Waals surface area contributed by atoms with Crippen LogP contribution in [0, 0.1) is 27.7 Å². The number of hydrogen-bond acceptors (Lipinski definition) is 4. The number of rotatable bonds is 5. The van der Waals surface area contributed by atoms with Gasteiger partial charge in [0.05, 0.1) is 11.4 Å². The Hall–Kier alpha value is -2.22. The van der Waals surface area contributed by atoms with E-state index in [2.05, 4.69) is 5.32 Å². The van der Waals surface area contributed by atoms with Gasteiger partial charge in [0.25, 0.3) is 0 Å². The largest absolute Gasteiger partial charge is 0.325 e. The Bertz CT molecular complexity index is 1010. The first-order valence-corrected chi connectivity index (χ1v) is 11.3. The number of anilines is 1. The predicted molar refractivity (Wildman–Crippen MR) is 116 cm³/mol. The summed E-state index contributed by atoms with van der Waals surface area (Å²) in [5.41, 5.74) is 4.62. The molecular weight excluding hydrogens is 386 g/mol. The third-order valence-electron chi connectivity index (χ3n) is 5.33. The van der Waals surface area contributed by atoms with E-state index in [4.69, 9.17) is 0 Å². The summed E-state index contributed by atoms with van der Waals surface area (Å²) in [4.78, 5) is 14.8. The molecule has 1 amide bonds. The molecule has 29 heavy (non-hydrogen) atoms. The summed E-state index contributed by atoms with van der Waals surface area (Å²) in [6.07, 6.45) is 0. The van der Waals surface area contributed by atoms with Gasteiger partial charge in [0, 0.05) is 31.9 Å². The minimum Gasteiger partial charge on any atom is -0.325 e. The molecule has 2 aromatic rings. The lowest BCUT2D eigenvalue weighted by Crippen LogP contribution is -2.50. The molecule has 0 unspecified atom stereocenters. The highest BCUT2D eigenvalue weighted by Crippen LogP contribution is 2.22. The highest BCUT2D eigenvalue weighted by atomic mass is 32.2. The van der Waals surface area contributed by atoms with E-state index < -0.39 is 10.0 Å². The van der Waals surface area contributed by atoms with Crippen molar-refractivity contribution in [2.24, 2.45) is 0 Å². The fourth-order valence-corrected chi connectivity index (χ4v) is 5.25. The molecule has 0 aliphatic carbocycles. The van der Waals surface area contributed by atoms with E-state index >= 15 is 0 Å². The first-order valence-electron chi connectivity index (χ1n) is 9.83. The lowest BCUT2D eigenvalue weighted by molar-refractivity contribution is -0.117. The second-order valence-corrected chi connectivity index (χ2v) is 9.72. The van der Waals surface area contributed by atoms with Gasteiger partial charge in [0.1, 0.15) is 0 Å². The van der Waals surface area contributed by atoms with E-state index in [0.29, 0.717) is 31.1 Å². The number of amides is 1. The van der Waals surface area contributed by atoms with E-state index in [1.165, 1.54) is 4.31 Å². The molecule has 2 aromatic carbocycles. The summed E-state index contributed by atoms with van der Waals surface area (Å²) in [5.74, 6) is -0.0791. The molecule has 1 saturated heterocycles. The average molecular weight is 416 g/mol. The third kappa shape index (κ3) is 5.04. The highest BCUT2D eigenvalue weighted by Gasteiger charge is 2.30. The Balaban J connectivity index is 1.59. The van der Waals surface area contributed by atoms with E-state index in [1.54, 1.807) is 6.07 Å². The minimum atomic E-state index is -3.52. The lowest BCUT2D eigenvalue weighted by Gasteiger charge is -2.33. The molecule has 1 fully saturated rings. The van der Waals surface area contributed by atoms with Crippen LogP contribution >= 0.6 is 0 Å². The van der Waals surface area contributed by atoms with Gasteiger partial charge in [-0.15, -0.1) is 0 Å². The molecule has 3 rings (SSSR count). The van der Waals surface area contributed by atoms with Crippen molar-refractivity contribution in [3.63, 3.8) is 0 Å². The second-order valence-electron chi connectivity index (χ2n) is 7.82. The molecule has 0 saturated carbocycles. The molecular formula is C22H29N3O3S. The topological polar surface area (TPSA) is 69.7 Å². The van der Waals surface area contributed by atoms with Crippen LogP contribution in [0.5, 0.6) is 0 Å². The molecule has 0 bridgehead atoms. The lowest BCUT2D eigenvalue weighted by atomic mass is 10.1. The van der Waals surface area contributed by atoms with Crippen molar-refractivity contribution in [3.05, 3.63) is 58.7 Å². The van der Waals surface area contributed by atoms with Crippen LogP contribution in [0.1, 0.15) is 22.3 Å². The van der Waals surface area contributed by atoms with Crippen LogP contribution in [0.2, 0.25) is 0 Å². The fraction of sp³-hybridized carbons (Fsp3) is 0.409. The van der Waals surface area contributed by atoms with Gasteiger partial charge in [-0.05, 0) is 62.1 Å². The number of carbonyl (C=O) groups is 1. The molecule has 0 atom stereocenters. The van der Waals surface area contributed by atoms with Gasteiger partial charge in [-0.3, -0.25) is 9.69 Å². The number of carbonyl (C=O) groups excluding carboxylic acids is 1. The van der Waals surface area contributed by atoms with Crippen LogP contribution in [0.25, 0.3) is 0 Å². The minimum absolute atomic E-state index is 0.0791. The zero-order valence-corrected chi connectivity index (χ0v) is 18.3. The van der Waals surface area contributed by atoms with Crippen molar-refractivity contribution >= 4 is 21.6 Å². The van der Waals surface area contributed by atoms with Crippen LogP contribution in [-0.2, 0) is 14.8 Å². The molecule has 6 nitrogen and oxygen atoms in total. The van der Waals surface area contributed by atoms with Crippen LogP contribution in [-0.4, -0.2) is 56.3 Å². The molecule has 0 aromatic heterocycles.